The number of benzene rings is 2. The van der Waals surface area contributed by atoms with E-state index in [2.05, 4.69) is 47.6 Å². The van der Waals surface area contributed by atoms with Gasteiger partial charge in [-0.15, -0.1) is 0 Å². The molecule has 2 aromatic heterocycles. The molecule has 1 saturated heterocycles. The molecule has 0 unspecified atom stereocenters. The number of amides is 1. The van der Waals surface area contributed by atoms with Gasteiger partial charge in [0, 0.05) is 75.2 Å². The lowest BCUT2D eigenvalue weighted by Gasteiger charge is -2.34. The molecule has 1 aliphatic heterocycles. The average molecular weight is 594 g/mol. The van der Waals surface area contributed by atoms with E-state index < -0.39 is 17.6 Å². The number of aromatic nitrogens is 4. The first-order valence-corrected chi connectivity index (χ1v) is 14.0. The van der Waals surface area contributed by atoms with E-state index in [1.807, 2.05) is 13.0 Å². The summed E-state index contributed by atoms with van der Waals surface area (Å²) in [6.07, 6.45) is 0.240. The standard InChI is InChI=1S/C30H34F3N9O/c1-4-40-9-11-41(12-10-40)18-21-13-22(15-23(14-21)30(31,32)33)28(43)38-24-6-5-20(2)25(16-24)39-29-35-7-8-42(29)27-17-26(34-3)36-19-37-27/h5-8,13-17,19H,4,9-12,18H2,1-3H3,(H,35,39)(H,38,43)(H,34,36,37). The Morgan fingerprint density at radius 3 is 2.47 bits per heavy atom. The van der Waals surface area contributed by atoms with Gasteiger partial charge in [-0.2, -0.15) is 13.2 Å². The Kier molecular flexibility index (Phi) is 8.92. The Labute approximate surface area is 248 Å². The molecule has 0 bridgehead atoms. The Morgan fingerprint density at radius 2 is 1.74 bits per heavy atom. The number of carbonyl (C=O) groups excluding carboxylic acids is 1. The van der Waals surface area contributed by atoms with Crippen molar-refractivity contribution in [1.82, 2.24) is 29.3 Å². The van der Waals surface area contributed by atoms with Crippen LogP contribution >= 0.6 is 0 Å². The summed E-state index contributed by atoms with van der Waals surface area (Å²) in [6, 6.07) is 10.6. The van der Waals surface area contributed by atoms with Crippen molar-refractivity contribution in [3.05, 3.63) is 83.4 Å². The van der Waals surface area contributed by atoms with E-state index in [-0.39, 0.29) is 5.56 Å². The lowest BCUT2D eigenvalue weighted by molar-refractivity contribution is -0.137. The average Bonchev–Trinajstić information content (AvgIpc) is 3.47. The minimum absolute atomic E-state index is 0.0493. The van der Waals surface area contributed by atoms with Crippen LogP contribution in [0.25, 0.3) is 5.82 Å². The Hall–Kier alpha value is -4.49. The lowest BCUT2D eigenvalue weighted by atomic mass is 10.0. The molecule has 0 atom stereocenters. The molecule has 5 rings (SSSR count). The van der Waals surface area contributed by atoms with E-state index in [9.17, 15) is 18.0 Å². The second-order valence-electron chi connectivity index (χ2n) is 10.4. The number of aryl methyl sites for hydroxylation is 1. The molecule has 0 saturated carbocycles. The monoisotopic (exact) mass is 593 g/mol. The molecule has 3 heterocycles. The molecule has 1 aliphatic rings. The number of imidazole rings is 1. The molecule has 4 aromatic rings. The van der Waals surface area contributed by atoms with Gasteiger partial charge in [0.1, 0.15) is 18.0 Å². The fraction of sp³-hybridized carbons (Fsp3) is 0.333. The molecule has 0 aliphatic carbocycles. The number of likely N-dealkylation sites (N-methyl/N-ethyl adjacent to an activating group) is 1. The van der Waals surface area contributed by atoms with E-state index in [1.165, 1.54) is 6.33 Å². The van der Waals surface area contributed by atoms with Gasteiger partial charge in [0.2, 0.25) is 5.95 Å². The molecule has 43 heavy (non-hydrogen) atoms. The normalized spacial score (nSPS) is 14.5. The maximum atomic E-state index is 13.8. The van der Waals surface area contributed by atoms with E-state index >= 15 is 0 Å². The fourth-order valence-corrected chi connectivity index (χ4v) is 4.95. The third-order valence-electron chi connectivity index (χ3n) is 7.44. The molecule has 1 amide bonds. The van der Waals surface area contributed by atoms with E-state index in [0.717, 1.165) is 50.4 Å². The van der Waals surface area contributed by atoms with Gasteiger partial charge in [-0.25, -0.2) is 15.0 Å². The largest absolute Gasteiger partial charge is 0.416 e. The zero-order valence-corrected chi connectivity index (χ0v) is 24.2. The minimum Gasteiger partial charge on any atom is -0.373 e. The quantitative estimate of drug-likeness (QED) is 0.245. The Bertz CT molecular complexity index is 1580. The maximum Gasteiger partial charge on any atom is 0.416 e. The van der Waals surface area contributed by atoms with Crippen molar-refractivity contribution >= 4 is 29.0 Å². The van der Waals surface area contributed by atoms with Crippen molar-refractivity contribution in [2.45, 2.75) is 26.6 Å². The molecule has 0 spiro atoms. The summed E-state index contributed by atoms with van der Waals surface area (Å²) in [5, 5.41) is 9.00. The highest BCUT2D eigenvalue weighted by atomic mass is 19.4. The predicted molar refractivity (Wildman–Crippen MR) is 160 cm³/mol. The zero-order valence-electron chi connectivity index (χ0n) is 24.2. The third-order valence-corrected chi connectivity index (χ3v) is 7.44. The number of hydrogen-bond acceptors (Lipinski definition) is 8. The predicted octanol–water partition coefficient (Wildman–Crippen LogP) is 5.16. The topological polar surface area (TPSA) is 103 Å². The number of carbonyl (C=O) groups is 1. The summed E-state index contributed by atoms with van der Waals surface area (Å²) in [6.45, 7) is 8.52. The van der Waals surface area contributed by atoms with Crippen LogP contribution in [0, 0.1) is 6.92 Å². The van der Waals surface area contributed by atoms with Crippen molar-refractivity contribution < 1.29 is 18.0 Å². The molecular formula is C30H34F3N9O. The number of halogens is 3. The number of nitrogens with one attached hydrogen (secondary N) is 3. The van der Waals surface area contributed by atoms with Gasteiger partial charge in [-0.3, -0.25) is 14.3 Å². The zero-order chi connectivity index (χ0) is 30.6. The number of rotatable bonds is 9. The third kappa shape index (κ3) is 7.30. The SMILES string of the molecule is CCN1CCN(Cc2cc(C(=O)Nc3ccc(C)c(Nc4nccn4-c4cc(NC)ncn4)c3)cc(C(F)(F)F)c2)CC1. The lowest BCUT2D eigenvalue weighted by Crippen LogP contribution is -2.45. The first-order valence-electron chi connectivity index (χ1n) is 14.0. The van der Waals surface area contributed by atoms with Gasteiger partial charge in [-0.1, -0.05) is 13.0 Å². The maximum absolute atomic E-state index is 13.8. The molecule has 2 aromatic carbocycles. The second-order valence-corrected chi connectivity index (χ2v) is 10.4. The van der Waals surface area contributed by atoms with E-state index in [1.54, 1.807) is 48.3 Å². The van der Waals surface area contributed by atoms with Crippen LogP contribution in [0.2, 0.25) is 0 Å². The van der Waals surface area contributed by atoms with Crippen molar-refractivity contribution in [1.29, 1.82) is 0 Å². The number of anilines is 4. The Morgan fingerprint density at radius 1 is 0.977 bits per heavy atom. The van der Waals surface area contributed by atoms with E-state index in [4.69, 9.17) is 0 Å². The smallest absolute Gasteiger partial charge is 0.373 e. The molecule has 1 fully saturated rings. The molecule has 0 radical (unpaired) electrons. The van der Waals surface area contributed by atoms with Crippen LogP contribution < -0.4 is 16.0 Å². The molecule has 13 heteroatoms. The number of hydrogen-bond donors (Lipinski definition) is 3. The summed E-state index contributed by atoms with van der Waals surface area (Å²) in [5.74, 6) is 1.09. The van der Waals surface area contributed by atoms with Crippen LogP contribution in [0.15, 0.2) is 61.2 Å². The number of nitrogens with zero attached hydrogens (tertiary/aromatic N) is 6. The molecule has 10 nitrogen and oxygen atoms in total. The highest BCUT2D eigenvalue weighted by molar-refractivity contribution is 6.04. The van der Waals surface area contributed by atoms with Gasteiger partial charge < -0.3 is 20.9 Å². The van der Waals surface area contributed by atoms with Crippen molar-refractivity contribution in [3.8, 4) is 5.82 Å². The van der Waals surface area contributed by atoms with Crippen molar-refractivity contribution in [2.24, 2.45) is 0 Å². The minimum atomic E-state index is -4.58. The van der Waals surface area contributed by atoms with Gasteiger partial charge >= 0.3 is 6.18 Å². The van der Waals surface area contributed by atoms with Gasteiger partial charge in [0.25, 0.3) is 5.91 Å². The van der Waals surface area contributed by atoms with Crippen molar-refractivity contribution in [3.63, 3.8) is 0 Å². The van der Waals surface area contributed by atoms with Crippen LogP contribution in [0.5, 0.6) is 0 Å². The second kappa shape index (κ2) is 12.8. The summed E-state index contributed by atoms with van der Waals surface area (Å²) in [5.41, 5.74) is 1.51. The van der Waals surface area contributed by atoms with Crippen LogP contribution in [0.3, 0.4) is 0 Å². The summed E-state index contributed by atoms with van der Waals surface area (Å²) >= 11 is 0. The van der Waals surface area contributed by atoms with Gasteiger partial charge in [-0.05, 0) is 54.9 Å². The van der Waals surface area contributed by atoms with Crippen LogP contribution in [0.1, 0.15) is 34.0 Å². The Balaban J connectivity index is 1.35. The number of alkyl halides is 3. The van der Waals surface area contributed by atoms with Crippen molar-refractivity contribution in [2.75, 3.05) is 55.7 Å². The summed E-state index contributed by atoms with van der Waals surface area (Å²) in [4.78, 5) is 30.5. The highest BCUT2D eigenvalue weighted by Crippen LogP contribution is 2.32. The fourth-order valence-electron chi connectivity index (χ4n) is 4.95. The summed E-state index contributed by atoms with van der Waals surface area (Å²) < 4.78 is 43.2. The van der Waals surface area contributed by atoms with Crippen LogP contribution in [0.4, 0.5) is 36.3 Å². The first-order chi connectivity index (χ1) is 20.6. The van der Waals surface area contributed by atoms with E-state index in [0.29, 0.717) is 41.1 Å². The molecule has 3 N–H and O–H groups in total. The van der Waals surface area contributed by atoms with Crippen LogP contribution in [-0.2, 0) is 12.7 Å². The first kappa shape index (κ1) is 30.0. The highest BCUT2D eigenvalue weighted by Gasteiger charge is 2.32. The molecule has 226 valence electrons. The van der Waals surface area contributed by atoms with Gasteiger partial charge in [0.05, 0.1) is 5.56 Å². The summed E-state index contributed by atoms with van der Waals surface area (Å²) in [7, 11) is 1.76. The van der Waals surface area contributed by atoms with Crippen LogP contribution in [-0.4, -0.2) is 75.0 Å². The van der Waals surface area contributed by atoms with Gasteiger partial charge in [0.15, 0.2) is 0 Å². The number of piperazine rings is 1. The molecular weight excluding hydrogens is 559 g/mol.